The molecule has 2 N–H and O–H groups in total. The van der Waals surface area contributed by atoms with Crippen molar-refractivity contribution in [2.24, 2.45) is 5.73 Å². The van der Waals surface area contributed by atoms with Crippen LogP contribution < -0.4 is 15.4 Å². The van der Waals surface area contributed by atoms with E-state index in [1.54, 1.807) is 4.90 Å². The molecule has 0 bridgehead atoms. The molecule has 0 saturated carbocycles. The van der Waals surface area contributed by atoms with Gasteiger partial charge in [-0.2, -0.15) is 0 Å². The molecule has 1 atom stereocenters. The van der Waals surface area contributed by atoms with Crippen molar-refractivity contribution >= 4 is 11.6 Å². The third kappa shape index (κ3) is 3.68. The lowest BCUT2D eigenvalue weighted by atomic mass is 10.3. The van der Waals surface area contributed by atoms with Crippen LogP contribution in [0.15, 0.2) is 24.3 Å². The molecule has 1 heterocycles. The van der Waals surface area contributed by atoms with Crippen LogP contribution in [-0.4, -0.2) is 38.3 Å². The van der Waals surface area contributed by atoms with E-state index in [0.29, 0.717) is 32.8 Å². The molecule has 1 amide bonds. The molecule has 0 spiro atoms. The zero-order chi connectivity index (χ0) is 13.7. The molecule has 19 heavy (non-hydrogen) atoms. The molecule has 1 aromatic rings. The Kier molecular flexibility index (Phi) is 4.76. The van der Waals surface area contributed by atoms with Crippen molar-refractivity contribution in [3.05, 3.63) is 24.3 Å². The SMILES string of the molecule is CCOCCOc1ccc(N2CC(N)CC2=O)cc1. The van der Waals surface area contributed by atoms with E-state index in [-0.39, 0.29) is 11.9 Å². The van der Waals surface area contributed by atoms with Crippen LogP contribution >= 0.6 is 0 Å². The maximum absolute atomic E-state index is 11.7. The third-order valence-electron chi connectivity index (χ3n) is 3.00. The standard InChI is InChI=1S/C14H20N2O3/c1-2-18-7-8-19-13-5-3-12(4-6-13)16-10-11(15)9-14(16)17/h3-6,11H,2,7-10,15H2,1H3. The summed E-state index contributed by atoms with van der Waals surface area (Å²) in [5.74, 6) is 0.858. The predicted molar refractivity (Wildman–Crippen MR) is 73.4 cm³/mol. The average Bonchev–Trinajstić information content (AvgIpc) is 2.75. The Hall–Kier alpha value is -1.59. The fourth-order valence-electron chi connectivity index (χ4n) is 2.07. The number of hydrogen-bond acceptors (Lipinski definition) is 4. The van der Waals surface area contributed by atoms with E-state index >= 15 is 0 Å². The van der Waals surface area contributed by atoms with Gasteiger partial charge in [0.25, 0.3) is 0 Å². The first kappa shape index (κ1) is 13.8. The molecule has 1 aliphatic heterocycles. The number of carbonyl (C=O) groups excluding carboxylic acids is 1. The molecular weight excluding hydrogens is 244 g/mol. The fraction of sp³-hybridized carbons (Fsp3) is 0.500. The lowest BCUT2D eigenvalue weighted by Gasteiger charge is -2.16. The molecule has 0 aliphatic carbocycles. The molecule has 104 valence electrons. The Morgan fingerprint density at radius 3 is 2.63 bits per heavy atom. The van der Waals surface area contributed by atoms with Crippen LogP contribution in [0.3, 0.4) is 0 Å². The van der Waals surface area contributed by atoms with Gasteiger partial charge in [-0.1, -0.05) is 0 Å². The first-order chi connectivity index (χ1) is 9.20. The van der Waals surface area contributed by atoms with Crippen LogP contribution in [0.5, 0.6) is 5.75 Å². The highest BCUT2D eigenvalue weighted by Crippen LogP contribution is 2.23. The Labute approximate surface area is 113 Å². The number of amides is 1. The largest absolute Gasteiger partial charge is 0.491 e. The van der Waals surface area contributed by atoms with Crippen molar-refractivity contribution in [1.82, 2.24) is 0 Å². The summed E-state index contributed by atoms with van der Waals surface area (Å²) in [5, 5.41) is 0. The van der Waals surface area contributed by atoms with Gasteiger partial charge < -0.3 is 20.1 Å². The molecule has 1 aromatic carbocycles. The van der Waals surface area contributed by atoms with Gasteiger partial charge in [-0.25, -0.2) is 0 Å². The van der Waals surface area contributed by atoms with Gasteiger partial charge in [0.15, 0.2) is 0 Å². The van der Waals surface area contributed by atoms with E-state index in [9.17, 15) is 4.79 Å². The highest BCUT2D eigenvalue weighted by atomic mass is 16.5. The summed E-state index contributed by atoms with van der Waals surface area (Å²) >= 11 is 0. The molecule has 0 aromatic heterocycles. The van der Waals surface area contributed by atoms with Gasteiger partial charge in [0.05, 0.1) is 6.61 Å². The quantitative estimate of drug-likeness (QED) is 0.783. The lowest BCUT2D eigenvalue weighted by molar-refractivity contribution is -0.117. The number of carbonyl (C=O) groups is 1. The van der Waals surface area contributed by atoms with Crippen molar-refractivity contribution in [3.8, 4) is 5.75 Å². The molecule has 1 unspecified atom stereocenters. The minimum absolute atomic E-state index is 0.0605. The number of rotatable bonds is 6. The van der Waals surface area contributed by atoms with E-state index in [4.69, 9.17) is 15.2 Å². The van der Waals surface area contributed by atoms with Crippen LogP contribution in [0.1, 0.15) is 13.3 Å². The Morgan fingerprint density at radius 2 is 2.05 bits per heavy atom. The van der Waals surface area contributed by atoms with Crippen LogP contribution in [0, 0.1) is 0 Å². The van der Waals surface area contributed by atoms with E-state index in [2.05, 4.69) is 0 Å². The van der Waals surface area contributed by atoms with Crippen LogP contribution in [-0.2, 0) is 9.53 Å². The van der Waals surface area contributed by atoms with Crippen LogP contribution in [0.2, 0.25) is 0 Å². The Morgan fingerprint density at radius 1 is 1.32 bits per heavy atom. The smallest absolute Gasteiger partial charge is 0.228 e. The minimum atomic E-state index is -0.0605. The maximum atomic E-state index is 11.7. The number of nitrogens with two attached hydrogens (primary N) is 1. The van der Waals surface area contributed by atoms with E-state index in [0.717, 1.165) is 11.4 Å². The van der Waals surface area contributed by atoms with E-state index < -0.39 is 0 Å². The van der Waals surface area contributed by atoms with E-state index in [1.807, 2.05) is 31.2 Å². The number of benzene rings is 1. The van der Waals surface area contributed by atoms with Gasteiger partial charge in [0, 0.05) is 31.3 Å². The van der Waals surface area contributed by atoms with Crippen LogP contribution in [0.25, 0.3) is 0 Å². The normalized spacial score (nSPS) is 18.9. The topological polar surface area (TPSA) is 64.8 Å². The molecule has 1 fully saturated rings. The highest BCUT2D eigenvalue weighted by molar-refractivity contribution is 5.96. The van der Waals surface area contributed by atoms with Gasteiger partial charge in [0.1, 0.15) is 12.4 Å². The van der Waals surface area contributed by atoms with Gasteiger partial charge in [-0.15, -0.1) is 0 Å². The predicted octanol–water partition coefficient (Wildman–Crippen LogP) is 1.17. The summed E-state index contributed by atoms with van der Waals surface area (Å²) in [7, 11) is 0. The third-order valence-corrected chi connectivity index (χ3v) is 3.00. The Balaban J connectivity index is 1.89. The summed E-state index contributed by atoms with van der Waals surface area (Å²) in [6.07, 6.45) is 0.423. The molecule has 0 radical (unpaired) electrons. The van der Waals surface area contributed by atoms with Crippen molar-refractivity contribution in [2.75, 3.05) is 31.3 Å². The molecular formula is C14H20N2O3. The molecule has 5 nitrogen and oxygen atoms in total. The summed E-state index contributed by atoms with van der Waals surface area (Å²) in [6.45, 7) is 4.34. The van der Waals surface area contributed by atoms with Gasteiger partial charge in [0.2, 0.25) is 5.91 Å². The molecule has 2 rings (SSSR count). The number of anilines is 1. The second kappa shape index (κ2) is 6.54. The highest BCUT2D eigenvalue weighted by Gasteiger charge is 2.27. The van der Waals surface area contributed by atoms with Crippen molar-refractivity contribution < 1.29 is 14.3 Å². The summed E-state index contributed by atoms with van der Waals surface area (Å²) in [6, 6.07) is 7.42. The first-order valence-electron chi connectivity index (χ1n) is 6.57. The minimum Gasteiger partial charge on any atom is -0.491 e. The Bertz CT molecular complexity index is 419. The van der Waals surface area contributed by atoms with Crippen molar-refractivity contribution in [1.29, 1.82) is 0 Å². The second-order valence-electron chi connectivity index (χ2n) is 4.51. The van der Waals surface area contributed by atoms with E-state index in [1.165, 1.54) is 0 Å². The summed E-state index contributed by atoms with van der Waals surface area (Å²) in [4.78, 5) is 13.4. The average molecular weight is 264 g/mol. The molecule has 1 saturated heterocycles. The van der Waals surface area contributed by atoms with Crippen LogP contribution in [0.4, 0.5) is 5.69 Å². The van der Waals surface area contributed by atoms with Crippen molar-refractivity contribution in [3.63, 3.8) is 0 Å². The molecule has 1 aliphatic rings. The zero-order valence-corrected chi connectivity index (χ0v) is 11.2. The molecule has 5 heteroatoms. The lowest BCUT2D eigenvalue weighted by Crippen LogP contribution is -2.27. The zero-order valence-electron chi connectivity index (χ0n) is 11.2. The van der Waals surface area contributed by atoms with Gasteiger partial charge >= 0.3 is 0 Å². The van der Waals surface area contributed by atoms with Gasteiger partial charge in [-0.05, 0) is 31.2 Å². The number of ether oxygens (including phenoxy) is 2. The maximum Gasteiger partial charge on any atom is 0.228 e. The summed E-state index contributed by atoms with van der Waals surface area (Å²) in [5.41, 5.74) is 6.65. The number of hydrogen-bond donors (Lipinski definition) is 1. The van der Waals surface area contributed by atoms with Gasteiger partial charge in [-0.3, -0.25) is 4.79 Å². The second-order valence-corrected chi connectivity index (χ2v) is 4.51. The monoisotopic (exact) mass is 264 g/mol. The fourth-order valence-corrected chi connectivity index (χ4v) is 2.07. The van der Waals surface area contributed by atoms with Crippen molar-refractivity contribution in [2.45, 2.75) is 19.4 Å². The first-order valence-corrected chi connectivity index (χ1v) is 6.57. The number of nitrogens with zero attached hydrogens (tertiary/aromatic N) is 1. The summed E-state index contributed by atoms with van der Waals surface area (Å²) < 4.78 is 10.7.